The van der Waals surface area contributed by atoms with Gasteiger partial charge in [-0.1, -0.05) is 19.6 Å². The Hall–Kier alpha value is -1.44. The second kappa shape index (κ2) is 4.39. The smallest absolute Gasteiger partial charge is 0.123 e. The first-order valence-electron chi connectivity index (χ1n) is 5.36. The molecule has 0 aliphatic carbocycles. The Morgan fingerprint density at radius 2 is 2.47 bits per heavy atom. The van der Waals surface area contributed by atoms with Crippen molar-refractivity contribution in [2.45, 2.75) is 25.9 Å². The highest BCUT2D eigenvalue weighted by Crippen LogP contribution is 2.32. The van der Waals surface area contributed by atoms with Gasteiger partial charge in [0.25, 0.3) is 0 Å². The zero-order valence-electron chi connectivity index (χ0n) is 9.03. The van der Waals surface area contributed by atoms with E-state index >= 15 is 0 Å². The molecule has 1 aliphatic rings. The van der Waals surface area contributed by atoms with Crippen molar-refractivity contribution in [1.29, 1.82) is 0 Å². The Kier molecular flexibility index (Phi) is 2.95. The summed E-state index contributed by atoms with van der Waals surface area (Å²) in [6, 6.07) is 6.00. The Labute approximate surface area is 90.5 Å². The molecule has 0 spiro atoms. The molecule has 0 amide bonds. The van der Waals surface area contributed by atoms with E-state index in [0.29, 0.717) is 12.7 Å². The van der Waals surface area contributed by atoms with Crippen LogP contribution in [-0.4, -0.2) is 12.7 Å². The lowest BCUT2D eigenvalue weighted by Crippen LogP contribution is -2.10. The molecule has 0 N–H and O–H groups in total. The second-order valence-electron chi connectivity index (χ2n) is 3.72. The van der Waals surface area contributed by atoms with Gasteiger partial charge in [0, 0.05) is 12.0 Å². The van der Waals surface area contributed by atoms with Crippen molar-refractivity contribution < 1.29 is 9.47 Å². The molecule has 2 heteroatoms. The van der Waals surface area contributed by atoms with Crippen LogP contribution in [-0.2, 0) is 6.42 Å². The number of hydrogen-bond acceptors (Lipinski definition) is 2. The Balaban J connectivity index is 2.11. The van der Waals surface area contributed by atoms with E-state index in [-0.39, 0.29) is 0 Å². The van der Waals surface area contributed by atoms with Crippen LogP contribution in [0.5, 0.6) is 11.5 Å². The average Bonchev–Trinajstić information content (AvgIpc) is 2.68. The first-order valence-corrected chi connectivity index (χ1v) is 5.36. The molecule has 15 heavy (non-hydrogen) atoms. The lowest BCUT2D eigenvalue weighted by atomic mass is 10.1. The molecule has 1 aliphatic heterocycles. The number of rotatable bonds is 4. The van der Waals surface area contributed by atoms with E-state index in [1.807, 2.05) is 12.1 Å². The summed E-state index contributed by atoms with van der Waals surface area (Å²) in [6.45, 7) is 6.32. The van der Waals surface area contributed by atoms with Crippen LogP contribution in [0, 0.1) is 0 Å². The van der Waals surface area contributed by atoms with Crippen molar-refractivity contribution in [3.05, 3.63) is 36.4 Å². The highest BCUT2D eigenvalue weighted by atomic mass is 16.5. The van der Waals surface area contributed by atoms with Gasteiger partial charge in [-0.15, -0.1) is 0 Å². The molecule has 1 aromatic carbocycles. The average molecular weight is 204 g/mol. The minimum absolute atomic E-state index is 0.342. The fourth-order valence-corrected chi connectivity index (χ4v) is 1.77. The summed E-state index contributed by atoms with van der Waals surface area (Å²) in [4.78, 5) is 0. The quantitative estimate of drug-likeness (QED) is 0.702. The zero-order valence-corrected chi connectivity index (χ0v) is 9.03. The van der Waals surface area contributed by atoms with Crippen LogP contribution in [0.25, 0.3) is 0 Å². The molecule has 0 fully saturated rings. The van der Waals surface area contributed by atoms with Gasteiger partial charge in [0.1, 0.15) is 24.2 Å². The first kappa shape index (κ1) is 10.1. The third-order valence-electron chi connectivity index (χ3n) is 2.60. The van der Waals surface area contributed by atoms with Gasteiger partial charge in [-0.05, 0) is 24.6 Å². The van der Waals surface area contributed by atoms with Crippen molar-refractivity contribution in [2.75, 3.05) is 6.61 Å². The molecule has 0 bridgehead atoms. The minimum Gasteiger partial charge on any atom is -0.490 e. The summed E-state index contributed by atoms with van der Waals surface area (Å²) in [6.07, 6.45) is 4.14. The summed E-state index contributed by atoms with van der Waals surface area (Å²) in [5.74, 6) is 1.90. The van der Waals surface area contributed by atoms with Gasteiger partial charge in [0.15, 0.2) is 0 Å². The van der Waals surface area contributed by atoms with Crippen LogP contribution in [0.4, 0.5) is 0 Å². The van der Waals surface area contributed by atoms with Gasteiger partial charge in [0.05, 0.1) is 0 Å². The van der Waals surface area contributed by atoms with Gasteiger partial charge in [-0.2, -0.15) is 0 Å². The molecule has 0 aromatic heterocycles. The Bertz CT molecular complexity index is 358. The minimum atomic E-state index is 0.342. The van der Waals surface area contributed by atoms with Crippen molar-refractivity contribution >= 4 is 0 Å². The maximum Gasteiger partial charge on any atom is 0.123 e. The number of fused-ring (bicyclic) bond motifs is 1. The number of ether oxygens (including phenoxy) is 2. The van der Waals surface area contributed by atoms with Crippen LogP contribution >= 0.6 is 0 Å². The van der Waals surface area contributed by atoms with E-state index in [0.717, 1.165) is 24.3 Å². The van der Waals surface area contributed by atoms with E-state index in [2.05, 4.69) is 19.6 Å². The van der Waals surface area contributed by atoms with E-state index in [9.17, 15) is 0 Å². The number of hydrogen-bond donors (Lipinski definition) is 0. The highest BCUT2D eigenvalue weighted by molar-refractivity contribution is 5.43. The summed E-state index contributed by atoms with van der Waals surface area (Å²) in [5, 5.41) is 0. The maximum absolute atomic E-state index is 5.74. The summed E-state index contributed by atoms with van der Waals surface area (Å²) < 4.78 is 11.2. The molecule has 1 atom stereocenters. The molecule has 80 valence electrons. The van der Waals surface area contributed by atoms with Gasteiger partial charge >= 0.3 is 0 Å². The van der Waals surface area contributed by atoms with Crippen LogP contribution < -0.4 is 9.47 Å². The molecule has 0 radical (unpaired) electrons. The lowest BCUT2D eigenvalue weighted by Gasteiger charge is -2.06. The fraction of sp³-hybridized carbons (Fsp3) is 0.385. The largest absolute Gasteiger partial charge is 0.490 e. The predicted molar refractivity (Wildman–Crippen MR) is 60.5 cm³/mol. The fourth-order valence-electron chi connectivity index (χ4n) is 1.77. The molecular formula is C13H16O2. The van der Waals surface area contributed by atoms with Crippen molar-refractivity contribution in [3.63, 3.8) is 0 Å². The standard InChI is InChI=1S/C13H16O2/c1-3-7-14-12-5-6-13-10(9-12)8-11(4-2)15-13/h3,5-6,9,11H,1,4,7-8H2,2H3. The molecule has 0 saturated carbocycles. The number of benzene rings is 1. The van der Waals surface area contributed by atoms with Crippen LogP contribution in [0.3, 0.4) is 0 Å². The van der Waals surface area contributed by atoms with Gasteiger partial charge < -0.3 is 9.47 Å². The van der Waals surface area contributed by atoms with Crippen LogP contribution in [0.2, 0.25) is 0 Å². The first-order chi connectivity index (χ1) is 7.33. The Morgan fingerprint density at radius 3 is 3.20 bits per heavy atom. The molecule has 0 saturated heterocycles. The molecule has 1 aromatic rings. The molecule has 1 unspecified atom stereocenters. The van der Waals surface area contributed by atoms with Crippen LogP contribution in [0.15, 0.2) is 30.9 Å². The SMILES string of the molecule is C=CCOc1ccc2c(c1)CC(CC)O2. The third-order valence-corrected chi connectivity index (χ3v) is 2.60. The summed E-state index contributed by atoms with van der Waals surface area (Å²) in [7, 11) is 0. The lowest BCUT2D eigenvalue weighted by molar-refractivity contribution is 0.228. The van der Waals surface area contributed by atoms with Crippen LogP contribution in [0.1, 0.15) is 18.9 Å². The molecule has 2 rings (SSSR count). The van der Waals surface area contributed by atoms with E-state index in [1.165, 1.54) is 5.56 Å². The monoisotopic (exact) mass is 204 g/mol. The van der Waals surface area contributed by atoms with Gasteiger partial charge in [0.2, 0.25) is 0 Å². The predicted octanol–water partition coefficient (Wildman–Crippen LogP) is 2.96. The van der Waals surface area contributed by atoms with E-state index in [4.69, 9.17) is 9.47 Å². The van der Waals surface area contributed by atoms with Crippen molar-refractivity contribution in [2.24, 2.45) is 0 Å². The third kappa shape index (κ3) is 2.14. The molecular weight excluding hydrogens is 188 g/mol. The highest BCUT2D eigenvalue weighted by Gasteiger charge is 2.21. The summed E-state index contributed by atoms with van der Waals surface area (Å²) in [5.41, 5.74) is 1.25. The van der Waals surface area contributed by atoms with E-state index in [1.54, 1.807) is 6.08 Å². The van der Waals surface area contributed by atoms with Crippen molar-refractivity contribution in [1.82, 2.24) is 0 Å². The summed E-state index contributed by atoms with van der Waals surface area (Å²) >= 11 is 0. The van der Waals surface area contributed by atoms with E-state index < -0.39 is 0 Å². The molecule has 1 heterocycles. The van der Waals surface area contributed by atoms with Gasteiger partial charge in [-0.3, -0.25) is 0 Å². The zero-order chi connectivity index (χ0) is 10.7. The molecule has 2 nitrogen and oxygen atoms in total. The normalized spacial score (nSPS) is 18.1. The maximum atomic E-state index is 5.74. The Morgan fingerprint density at radius 1 is 1.60 bits per heavy atom. The van der Waals surface area contributed by atoms with Gasteiger partial charge in [-0.25, -0.2) is 0 Å². The van der Waals surface area contributed by atoms with Crippen molar-refractivity contribution in [3.8, 4) is 11.5 Å². The second-order valence-corrected chi connectivity index (χ2v) is 3.72. The topological polar surface area (TPSA) is 18.5 Å².